The standard InChI is InChI=1S/C20H20N2O3/c23-19-14-18(21-12-4-5-13-21)20(24)22(19)15-8-10-17(11-9-15)25-16-6-2-1-3-7-16/h1-3,6-11,18H,4-5,12-14H2. The number of hydrogen-bond acceptors (Lipinski definition) is 4. The van der Waals surface area contributed by atoms with Gasteiger partial charge in [0, 0.05) is 0 Å². The van der Waals surface area contributed by atoms with Crippen molar-refractivity contribution in [3.63, 3.8) is 0 Å². The second-order valence-corrected chi connectivity index (χ2v) is 6.44. The Morgan fingerprint density at radius 1 is 0.840 bits per heavy atom. The molecule has 1 unspecified atom stereocenters. The van der Waals surface area contributed by atoms with Crippen LogP contribution in [0.3, 0.4) is 0 Å². The second kappa shape index (κ2) is 6.69. The summed E-state index contributed by atoms with van der Waals surface area (Å²) in [4.78, 5) is 28.5. The van der Waals surface area contributed by atoms with Crippen molar-refractivity contribution < 1.29 is 14.3 Å². The summed E-state index contributed by atoms with van der Waals surface area (Å²) in [6, 6.07) is 16.3. The zero-order chi connectivity index (χ0) is 17.2. The van der Waals surface area contributed by atoms with E-state index in [0.29, 0.717) is 11.4 Å². The van der Waals surface area contributed by atoms with Crippen molar-refractivity contribution >= 4 is 17.5 Å². The third-order valence-corrected chi connectivity index (χ3v) is 4.78. The second-order valence-electron chi connectivity index (χ2n) is 6.44. The van der Waals surface area contributed by atoms with Crippen molar-refractivity contribution in [2.45, 2.75) is 25.3 Å². The molecule has 0 N–H and O–H groups in total. The number of anilines is 1. The number of amides is 2. The normalized spacial score (nSPS) is 21.1. The van der Waals surface area contributed by atoms with Crippen LogP contribution < -0.4 is 9.64 Å². The molecule has 0 spiro atoms. The number of benzene rings is 2. The predicted octanol–water partition coefficient (Wildman–Crippen LogP) is 3.21. The van der Waals surface area contributed by atoms with Crippen LogP contribution in [-0.4, -0.2) is 35.8 Å². The highest BCUT2D eigenvalue weighted by atomic mass is 16.5. The smallest absolute Gasteiger partial charge is 0.251 e. The van der Waals surface area contributed by atoms with E-state index in [1.807, 2.05) is 30.3 Å². The van der Waals surface area contributed by atoms with Gasteiger partial charge in [0.2, 0.25) is 5.91 Å². The van der Waals surface area contributed by atoms with Crippen molar-refractivity contribution in [2.75, 3.05) is 18.0 Å². The SMILES string of the molecule is O=C1CC(N2CCCC2)C(=O)N1c1ccc(Oc2ccccc2)cc1. The fourth-order valence-electron chi connectivity index (χ4n) is 3.51. The summed E-state index contributed by atoms with van der Waals surface area (Å²) in [7, 11) is 0. The Balaban J connectivity index is 1.49. The lowest BCUT2D eigenvalue weighted by Gasteiger charge is -2.21. The number of ether oxygens (including phenoxy) is 1. The third kappa shape index (κ3) is 3.15. The number of likely N-dealkylation sites (tertiary alicyclic amines) is 1. The quantitative estimate of drug-likeness (QED) is 0.805. The number of imide groups is 1. The van der Waals surface area contributed by atoms with Crippen LogP contribution in [0, 0.1) is 0 Å². The number of para-hydroxylation sites is 1. The van der Waals surface area contributed by atoms with Crippen molar-refractivity contribution in [1.82, 2.24) is 4.90 Å². The molecule has 2 saturated heterocycles. The number of rotatable bonds is 4. The molecule has 0 aliphatic carbocycles. The van der Waals surface area contributed by atoms with Gasteiger partial charge in [-0.3, -0.25) is 14.5 Å². The predicted molar refractivity (Wildman–Crippen MR) is 94.7 cm³/mol. The molecule has 1 atom stereocenters. The van der Waals surface area contributed by atoms with Gasteiger partial charge >= 0.3 is 0 Å². The van der Waals surface area contributed by atoms with Gasteiger partial charge in [-0.25, -0.2) is 4.90 Å². The summed E-state index contributed by atoms with van der Waals surface area (Å²) in [5, 5.41) is 0. The Morgan fingerprint density at radius 3 is 2.16 bits per heavy atom. The first kappa shape index (κ1) is 15.8. The van der Waals surface area contributed by atoms with Crippen molar-refractivity contribution in [3.8, 4) is 11.5 Å². The van der Waals surface area contributed by atoms with E-state index in [1.165, 1.54) is 4.90 Å². The molecule has 128 valence electrons. The lowest BCUT2D eigenvalue weighted by Crippen LogP contribution is -2.40. The zero-order valence-electron chi connectivity index (χ0n) is 13.9. The van der Waals surface area contributed by atoms with E-state index in [0.717, 1.165) is 31.7 Å². The van der Waals surface area contributed by atoms with Crippen LogP contribution in [0.4, 0.5) is 5.69 Å². The summed E-state index contributed by atoms with van der Waals surface area (Å²) < 4.78 is 5.76. The largest absolute Gasteiger partial charge is 0.457 e. The van der Waals surface area contributed by atoms with Gasteiger partial charge in [-0.05, 0) is 62.3 Å². The summed E-state index contributed by atoms with van der Waals surface area (Å²) in [6.45, 7) is 1.81. The van der Waals surface area contributed by atoms with Gasteiger partial charge in [0.25, 0.3) is 5.91 Å². The molecular weight excluding hydrogens is 316 g/mol. The Kier molecular flexibility index (Phi) is 4.24. The highest BCUT2D eigenvalue weighted by molar-refractivity contribution is 6.22. The number of carbonyl (C=O) groups is 2. The van der Waals surface area contributed by atoms with Crippen LogP contribution in [0.15, 0.2) is 54.6 Å². The maximum atomic E-state index is 12.7. The highest BCUT2D eigenvalue weighted by Crippen LogP contribution is 2.30. The third-order valence-electron chi connectivity index (χ3n) is 4.78. The van der Waals surface area contributed by atoms with Crippen LogP contribution in [0.25, 0.3) is 0 Å². The van der Waals surface area contributed by atoms with E-state index in [-0.39, 0.29) is 24.3 Å². The zero-order valence-corrected chi connectivity index (χ0v) is 13.9. The lowest BCUT2D eigenvalue weighted by atomic mass is 10.2. The molecule has 2 heterocycles. The van der Waals surface area contributed by atoms with E-state index in [2.05, 4.69) is 4.90 Å². The highest BCUT2D eigenvalue weighted by Gasteiger charge is 2.43. The molecule has 0 saturated carbocycles. The van der Waals surface area contributed by atoms with Crippen LogP contribution in [0.5, 0.6) is 11.5 Å². The fraction of sp³-hybridized carbons (Fsp3) is 0.300. The molecule has 5 nitrogen and oxygen atoms in total. The van der Waals surface area contributed by atoms with E-state index in [4.69, 9.17) is 4.74 Å². The minimum absolute atomic E-state index is 0.108. The molecule has 0 aromatic heterocycles. The molecule has 25 heavy (non-hydrogen) atoms. The minimum Gasteiger partial charge on any atom is -0.457 e. The van der Waals surface area contributed by atoms with Crippen molar-refractivity contribution in [1.29, 1.82) is 0 Å². The molecule has 2 aliphatic rings. The van der Waals surface area contributed by atoms with E-state index in [1.54, 1.807) is 24.3 Å². The van der Waals surface area contributed by atoms with E-state index >= 15 is 0 Å². The molecule has 0 radical (unpaired) electrons. The van der Waals surface area contributed by atoms with Crippen LogP contribution in [0.1, 0.15) is 19.3 Å². The average Bonchev–Trinajstić information content (AvgIpc) is 3.25. The topological polar surface area (TPSA) is 49.9 Å². The summed E-state index contributed by atoms with van der Waals surface area (Å²) in [6.07, 6.45) is 2.48. The summed E-state index contributed by atoms with van der Waals surface area (Å²) >= 11 is 0. The average molecular weight is 336 g/mol. The van der Waals surface area contributed by atoms with Crippen LogP contribution in [-0.2, 0) is 9.59 Å². The lowest BCUT2D eigenvalue weighted by molar-refractivity contribution is -0.122. The minimum atomic E-state index is -0.296. The monoisotopic (exact) mass is 336 g/mol. The maximum Gasteiger partial charge on any atom is 0.251 e. The van der Waals surface area contributed by atoms with E-state index in [9.17, 15) is 9.59 Å². The Labute approximate surface area is 146 Å². The molecule has 2 amide bonds. The molecule has 5 heteroatoms. The van der Waals surface area contributed by atoms with Gasteiger partial charge < -0.3 is 4.74 Å². The maximum absolute atomic E-state index is 12.7. The first-order valence-electron chi connectivity index (χ1n) is 8.66. The van der Waals surface area contributed by atoms with E-state index < -0.39 is 0 Å². The summed E-state index contributed by atoms with van der Waals surface area (Å²) in [5.41, 5.74) is 0.608. The molecule has 4 rings (SSSR count). The Hall–Kier alpha value is -2.66. The molecule has 2 fully saturated rings. The van der Waals surface area contributed by atoms with Crippen LogP contribution in [0.2, 0.25) is 0 Å². The van der Waals surface area contributed by atoms with Crippen LogP contribution >= 0.6 is 0 Å². The van der Waals surface area contributed by atoms with Gasteiger partial charge in [-0.2, -0.15) is 0 Å². The fourth-order valence-corrected chi connectivity index (χ4v) is 3.51. The Morgan fingerprint density at radius 2 is 1.48 bits per heavy atom. The van der Waals surface area contributed by atoms with Gasteiger partial charge in [0.15, 0.2) is 0 Å². The molecule has 0 bridgehead atoms. The van der Waals surface area contributed by atoms with Crippen molar-refractivity contribution in [3.05, 3.63) is 54.6 Å². The molecular formula is C20H20N2O3. The first-order valence-corrected chi connectivity index (χ1v) is 8.66. The molecule has 2 aromatic carbocycles. The van der Waals surface area contributed by atoms with Gasteiger partial charge in [0.1, 0.15) is 11.5 Å². The number of hydrogen-bond donors (Lipinski definition) is 0. The Bertz CT molecular complexity index is 767. The summed E-state index contributed by atoms with van der Waals surface area (Å²) in [5.74, 6) is 1.19. The molecule has 2 aromatic rings. The first-order chi connectivity index (χ1) is 12.2. The van der Waals surface area contributed by atoms with Gasteiger partial charge in [-0.1, -0.05) is 18.2 Å². The van der Waals surface area contributed by atoms with Gasteiger partial charge in [0.05, 0.1) is 18.2 Å². The van der Waals surface area contributed by atoms with Crippen molar-refractivity contribution in [2.24, 2.45) is 0 Å². The molecule has 2 aliphatic heterocycles. The number of nitrogens with zero attached hydrogens (tertiary/aromatic N) is 2. The van der Waals surface area contributed by atoms with Gasteiger partial charge in [-0.15, -0.1) is 0 Å². The number of carbonyl (C=O) groups excluding carboxylic acids is 2.